The minimum Gasteiger partial charge on any atom is -0.397 e. The Hall–Kier alpha value is -1.81. The van der Waals surface area contributed by atoms with E-state index in [2.05, 4.69) is 11.4 Å². The zero-order valence-electron chi connectivity index (χ0n) is 8.53. The summed E-state index contributed by atoms with van der Waals surface area (Å²) in [5, 5.41) is 3.32. The number of hydrogen-bond acceptors (Lipinski definition) is 4. The molecule has 3 rings (SSSR count). The van der Waals surface area contributed by atoms with Crippen molar-refractivity contribution < 1.29 is 0 Å². The third-order valence-electron chi connectivity index (χ3n) is 2.61. The van der Waals surface area contributed by atoms with Crippen LogP contribution in [0.15, 0.2) is 46.2 Å². The molecule has 0 atom stereocenters. The molecule has 1 aliphatic rings. The number of benzene rings is 2. The second-order valence-corrected chi connectivity index (χ2v) is 4.75. The molecule has 0 bridgehead atoms. The maximum Gasteiger partial charge on any atom is 0.0798 e. The largest absolute Gasteiger partial charge is 0.397 e. The van der Waals surface area contributed by atoms with Crippen molar-refractivity contribution in [3.63, 3.8) is 0 Å². The second kappa shape index (κ2) is 3.35. The van der Waals surface area contributed by atoms with Crippen molar-refractivity contribution >= 4 is 34.5 Å². The van der Waals surface area contributed by atoms with Gasteiger partial charge in [-0.05, 0) is 24.3 Å². The highest BCUT2D eigenvalue weighted by atomic mass is 32.2. The van der Waals surface area contributed by atoms with Crippen LogP contribution in [0.4, 0.5) is 22.7 Å². The van der Waals surface area contributed by atoms with E-state index in [0.717, 1.165) is 16.3 Å². The number of anilines is 4. The molecule has 0 saturated carbocycles. The van der Waals surface area contributed by atoms with Crippen molar-refractivity contribution in [3.05, 3.63) is 36.4 Å². The summed E-state index contributed by atoms with van der Waals surface area (Å²) in [6.07, 6.45) is 0. The summed E-state index contributed by atoms with van der Waals surface area (Å²) >= 11 is 1.71. The Balaban J connectivity index is 2.16. The van der Waals surface area contributed by atoms with Crippen molar-refractivity contribution in [3.8, 4) is 0 Å². The van der Waals surface area contributed by atoms with Crippen molar-refractivity contribution in [2.24, 2.45) is 0 Å². The van der Waals surface area contributed by atoms with Crippen LogP contribution >= 0.6 is 11.8 Å². The molecule has 0 aliphatic carbocycles. The van der Waals surface area contributed by atoms with Crippen LogP contribution in [-0.2, 0) is 0 Å². The summed E-state index contributed by atoms with van der Waals surface area (Å²) in [5.41, 5.74) is 15.0. The Bertz CT molecular complexity index is 566. The maximum atomic E-state index is 5.96. The van der Waals surface area contributed by atoms with Gasteiger partial charge in [-0.25, -0.2) is 0 Å². The maximum absolute atomic E-state index is 5.96. The topological polar surface area (TPSA) is 64.1 Å². The predicted molar refractivity (Wildman–Crippen MR) is 69.1 cm³/mol. The molecule has 0 saturated heterocycles. The third-order valence-corrected chi connectivity index (χ3v) is 3.74. The minimum absolute atomic E-state index is 0.617. The SMILES string of the molecule is Nc1ccc2c(c1N)Nc1ccccc1S2. The van der Waals surface area contributed by atoms with Gasteiger partial charge in [-0.3, -0.25) is 0 Å². The van der Waals surface area contributed by atoms with Crippen LogP contribution in [-0.4, -0.2) is 0 Å². The number of fused-ring (bicyclic) bond motifs is 2. The van der Waals surface area contributed by atoms with Crippen LogP contribution in [0.2, 0.25) is 0 Å². The van der Waals surface area contributed by atoms with E-state index in [0.29, 0.717) is 11.4 Å². The standard InChI is InChI=1S/C12H11N3S/c13-7-5-6-10-12(11(7)14)15-8-3-1-2-4-9(8)16-10/h1-6,15H,13-14H2. The van der Waals surface area contributed by atoms with E-state index in [4.69, 9.17) is 11.5 Å². The first-order valence-corrected chi connectivity index (χ1v) is 5.79. The van der Waals surface area contributed by atoms with Gasteiger partial charge in [-0.1, -0.05) is 23.9 Å². The van der Waals surface area contributed by atoms with Gasteiger partial charge >= 0.3 is 0 Å². The summed E-state index contributed by atoms with van der Waals surface area (Å²) in [5.74, 6) is 0. The fourth-order valence-corrected chi connectivity index (χ4v) is 2.75. The minimum atomic E-state index is 0.617. The van der Waals surface area contributed by atoms with Gasteiger partial charge in [-0.15, -0.1) is 0 Å². The average molecular weight is 229 g/mol. The van der Waals surface area contributed by atoms with Crippen LogP contribution in [0.25, 0.3) is 0 Å². The van der Waals surface area contributed by atoms with Gasteiger partial charge in [0.1, 0.15) is 0 Å². The Morgan fingerprint density at radius 1 is 0.938 bits per heavy atom. The Morgan fingerprint density at radius 3 is 2.62 bits per heavy atom. The van der Waals surface area contributed by atoms with Crippen LogP contribution in [0.3, 0.4) is 0 Å². The van der Waals surface area contributed by atoms with Crippen LogP contribution in [0.5, 0.6) is 0 Å². The molecule has 5 N–H and O–H groups in total. The van der Waals surface area contributed by atoms with E-state index in [1.807, 2.05) is 30.3 Å². The summed E-state index contributed by atoms with van der Waals surface area (Å²) in [4.78, 5) is 2.32. The number of nitrogens with two attached hydrogens (primary N) is 2. The van der Waals surface area contributed by atoms with Crippen LogP contribution in [0, 0.1) is 0 Å². The number of nitrogens with one attached hydrogen (secondary N) is 1. The molecular weight excluding hydrogens is 218 g/mol. The number of para-hydroxylation sites is 1. The van der Waals surface area contributed by atoms with Crippen molar-refractivity contribution in [1.82, 2.24) is 0 Å². The van der Waals surface area contributed by atoms with Gasteiger partial charge in [0.15, 0.2) is 0 Å². The molecule has 0 radical (unpaired) electrons. The first kappa shape index (κ1) is 9.42. The molecule has 0 amide bonds. The van der Waals surface area contributed by atoms with Crippen LogP contribution in [0.1, 0.15) is 0 Å². The van der Waals surface area contributed by atoms with Crippen molar-refractivity contribution in [1.29, 1.82) is 0 Å². The Morgan fingerprint density at radius 2 is 1.75 bits per heavy atom. The van der Waals surface area contributed by atoms with E-state index in [9.17, 15) is 0 Å². The fraction of sp³-hybridized carbons (Fsp3) is 0. The molecule has 3 nitrogen and oxygen atoms in total. The zero-order valence-corrected chi connectivity index (χ0v) is 9.34. The van der Waals surface area contributed by atoms with E-state index in [1.165, 1.54) is 4.90 Å². The average Bonchev–Trinajstić information content (AvgIpc) is 2.32. The number of rotatable bonds is 0. The monoisotopic (exact) mass is 229 g/mol. The van der Waals surface area contributed by atoms with Gasteiger partial charge in [0.05, 0.1) is 22.7 Å². The molecule has 4 heteroatoms. The van der Waals surface area contributed by atoms with E-state index < -0.39 is 0 Å². The first-order chi connectivity index (χ1) is 7.75. The van der Waals surface area contributed by atoms with E-state index in [-0.39, 0.29) is 0 Å². The zero-order chi connectivity index (χ0) is 11.1. The summed E-state index contributed by atoms with van der Waals surface area (Å²) in [6.45, 7) is 0. The van der Waals surface area contributed by atoms with Gasteiger partial charge in [0.25, 0.3) is 0 Å². The molecule has 16 heavy (non-hydrogen) atoms. The van der Waals surface area contributed by atoms with Crippen molar-refractivity contribution in [2.75, 3.05) is 16.8 Å². The molecule has 0 unspecified atom stereocenters. The molecule has 80 valence electrons. The summed E-state index contributed by atoms with van der Waals surface area (Å²) < 4.78 is 0. The molecule has 1 aliphatic heterocycles. The third kappa shape index (κ3) is 1.31. The fourth-order valence-electron chi connectivity index (χ4n) is 1.74. The summed E-state index contributed by atoms with van der Waals surface area (Å²) in [6, 6.07) is 12.0. The lowest BCUT2D eigenvalue weighted by atomic mass is 10.2. The molecule has 0 fully saturated rings. The highest BCUT2D eigenvalue weighted by Crippen LogP contribution is 2.47. The van der Waals surface area contributed by atoms with E-state index >= 15 is 0 Å². The lowest BCUT2D eigenvalue weighted by Gasteiger charge is -2.22. The number of hydrogen-bond donors (Lipinski definition) is 3. The molecule has 0 spiro atoms. The first-order valence-electron chi connectivity index (χ1n) is 4.97. The van der Waals surface area contributed by atoms with E-state index in [1.54, 1.807) is 11.8 Å². The number of nitrogen functional groups attached to an aromatic ring is 2. The summed E-state index contributed by atoms with van der Waals surface area (Å²) in [7, 11) is 0. The molecular formula is C12H11N3S. The van der Waals surface area contributed by atoms with Gasteiger partial charge in [0.2, 0.25) is 0 Å². The highest BCUT2D eigenvalue weighted by Gasteiger charge is 2.17. The molecule has 0 aromatic heterocycles. The Labute approximate surface area is 97.8 Å². The highest BCUT2D eigenvalue weighted by molar-refractivity contribution is 7.99. The van der Waals surface area contributed by atoms with Gasteiger partial charge < -0.3 is 16.8 Å². The quantitative estimate of drug-likeness (QED) is 0.518. The smallest absolute Gasteiger partial charge is 0.0798 e. The van der Waals surface area contributed by atoms with Crippen LogP contribution < -0.4 is 16.8 Å². The normalized spacial score (nSPS) is 12.5. The molecule has 2 aromatic rings. The second-order valence-electron chi connectivity index (χ2n) is 3.66. The Kier molecular flexibility index (Phi) is 1.97. The van der Waals surface area contributed by atoms with Crippen molar-refractivity contribution in [2.45, 2.75) is 9.79 Å². The lowest BCUT2D eigenvalue weighted by Crippen LogP contribution is -2.05. The molecule has 1 heterocycles. The lowest BCUT2D eigenvalue weighted by molar-refractivity contribution is 1.32. The van der Waals surface area contributed by atoms with Gasteiger partial charge in [0, 0.05) is 9.79 Å². The van der Waals surface area contributed by atoms with Gasteiger partial charge in [-0.2, -0.15) is 0 Å². The predicted octanol–water partition coefficient (Wildman–Crippen LogP) is 3.06. The molecule has 2 aromatic carbocycles.